The summed E-state index contributed by atoms with van der Waals surface area (Å²) in [4.78, 5) is 27.9. The highest BCUT2D eigenvalue weighted by molar-refractivity contribution is 8.00. The number of hydrogen-bond donors (Lipinski definition) is 1. The maximum Gasteiger partial charge on any atom is 0.243 e. The normalized spacial score (nSPS) is 21.1. The van der Waals surface area contributed by atoms with E-state index in [9.17, 15) is 18.0 Å². The van der Waals surface area contributed by atoms with E-state index in [2.05, 4.69) is 5.32 Å². The number of amides is 2. The largest absolute Gasteiger partial charge is 0.350 e. The van der Waals surface area contributed by atoms with Gasteiger partial charge in [0.25, 0.3) is 0 Å². The highest BCUT2D eigenvalue weighted by atomic mass is 32.2. The highest BCUT2D eigenvalue weighted by Crippen LogP contribution is 2.39. The lowest BCUT2D eigenvalue weighted by Crippen LogP contribution is -2.47. The Morgan fingerprint density at radius 2 is 1.87 bits per heavy atom. The van der Waals surface area contributed by atoms with Crippen molar-refractivity contribution in [2.75, 3.05) is 24.5 Å². The molecular formula is C21H31N3O4S2. The number of anilines is 1. The lowest BCUT2D eigenvalue weighted by molar-refractivity contribution is -0.124. The van der Waals surface area contributed by atoms with Crippen LogP contribution in [0.2, 0.25) is 0 Å². The molecule has 2 aliphatic rings. The highest BCUT2D eigenvalue weighted by Gasteiger charge is 2.32. The van der Waals surface area contributed by atoms with Gasteiger partial charge in [0.05, 0.1) is 10.6 Å². The van der Waals surface area contributed by atoms with Gasteiger partial charge in [-0.25, -0.2) is 8.42 Å². The molecule has 0 radical (unpaired) electrons. The van der Waals surface area contributed by atoms with Crippen LogP contribution in [0.15, 0.2) is 28.0 Å². The predicted molar refractivity (Wildman–Crippen MR) is 119 cm³/mol. The van der Waals surface area contributed by atoms with Crippen LogP contribution in [-0.2, 0) is 19.6 Å². The van der Waals surface area contributed by atoms with E-state index in [0.29, 0.717) is 18.8 Å². The molecular weight excluding hydrogens is 422 g/mol. The maximum atomic E-state index is 13.2. The van der Waals surface area contributed by atoms with Gasteiger partial charge in [-0.2, -0.15) is 4.31 Å². The van der Waals surface area contributed by atoms with Crippen molar-refractivity contribution < 1.29 is 18.0 Å². The zero-order valence-corrected chi connectivity index (χ0v) is 19.7. The summed E-state index contributed by atoms with van der Waals surface area (Å²) in [7, 11) is -3.63. The van der Waals surface area contributed by atoms with Gasteiger partial charge in [-0.15, -0.1) is 11.8 Å². The molecule has 1 atom stereocenters. The van der Waals surface area contributed by atoms with Crippen molar-refractivity contribution >= 4 is 39.3 Å². The monoisotopic (exact) mass is 453 g/mol. The van der Waals surface area contributed by atoms with Gasteiger partial charge in [-0.05, 0) is 51.8 Å². The molecule has 0 bridgehead atoms. The molecule has 2 aliphatic heterocycles. The minimum atomic E-state index is -3.63. The number of carbonyl (C=O) groups excluding carboxylic acids is 2. The summed E-state index contributed by atoms with van der Waals surface area (Å²) in [5.41, 5.74) is 0.0764. The molecule has 0 saturated carbocycles. The second-order valence-corrected chi connectivity index (χ2v) is 12.4. The van der Waals surface area contributed by atoms with E-state index in [1.807, 2.05) is 27.7 Å². The van der Waals surface area contributed by atoms with Crippen molar-refractivity contribution in [2.45, 2.75) is 74.0 Å². The number of fused-ring (bicyclic) bond motifs is 1. The minimum Gasteiger partial charge on any atom is -0.350 e. The number of thioether (sulfide) groups is 1. The van der Waals surface area contributed by atoms with Crippen LogP contribution >= 0.6 is 11.8 Å². The van der Waals surface area contributed by atoms with Crippen LogP contribution in [0.3, 0.4) is 0 Å². The number of benzene rings is 1. The maximum absolute atomic E-state index is 13.2. The fraction of sp³-hybridized carbons (Fsp3) is 0.619. The molecule has 1 aromatic carbocycles. The van der Waals surface area contributed by atoms with Gasteiger partial charge in [-0.3, -0.25) is 9.59 Å². The zero-order valence-electron chi connectivity index (χ0n) is 18.1. The van der Waals surface area contributed by atoms with Crippen LogP contribution < -0.4 is 10.2 Å². The molecule has 1 fully saturated rings. The Morgan fingerprint density at radius 3 is 2.50 bits per heavy atom. The summed E-state index contributed by atoms with van der Waals surface area (Å²) >= 11 is 1.53. The van der Waals surface area contributed by atoms with Crippen LogP contribution in [0.5, 0.6) is 0 Å². The molecule has 3 rings (SSSR count). The third-order valence-corrected chi connectivity index (χ3v) is 8.14. The zero-order chi connectivity index (χ0) is 22.1. The molecule has 1 N–H and O–H groups in total. The first-order valence-corrected chi connectivity index (χ1v) is 12.7. The minimum absolute atomic E-state index is 0.0384. The molecule has 166 valence electrons. The number of rotatable bonds is 4. The van der Waals surface area contributed by atoms with Crippen molar-refractivity contribution in [1.82, 2.24) is 9.62 Å². The Kier molecular flexibility index (Phi) is 6.84. The fourth-order valence-electron chi connectivity index (χ4n) is 3.75. The first-order chi connectivity index (χ1) is 14.0. The van der Waals surface area contributed by atoms with Gasteiger partial charge in [0, 0.05) is 35.2 Å². The molecule has 9 heteroatoms. The summed E-state index contributed by atoms with van der Waals surface area (Å²) in [5, 5.41) is 2.92. The molecule has 1 saturated heterocycles. The number of nitrogens with zero attached hydrogens (tertiary/aromatic N) is 2. The Labute approximate surface area is 183 Å². The Morgan fingerprint density at radius 1 is 1.20 bits per heavy atom. The van der Waals surface area contributed by atoms with Crippen molar-refractivity contribution in [3.8, 4) is 0 Å². The second kappa shape index (κ2) is 8.88. The van der Waals surface area contributed by atoms with Gasteiger partial charge in [0.1, 0.15) is 6.54 Å². The smallest absolute Gasteiger partial charge is 0.243 e. The number of nitrogens with one attached hydrogen (secondary N) is 1. The molecule has 2 heterocycles. The summed E-state index contributed by atoms with van der Waals surface area (Å²) in [6, 6.07) is 4.94. The molecule has 1 aromatic rings. The van der Waals surface area contributed by atoms with Crippen LogP contribution in [-0.4, -0.2) is 55.0 Å². The van der Waals surface area contributed by atoms with E-state index in [-0.39, 0.29) is 34.9 Å². The van der Waals surface area contributed by atoms with E-state index in [1.54, 1.807) is 18.2 Å². The van der Waals surface area contributed by atoms with Crippen molar-refractivity contribution in [3.63, 3.8) is 0 Å². The number of carbonyl (C=O) groups is 2. The Bertz CT molecular complexity index is 919. The molecule has 2 amide bonds. The van der Waals surface area contributed by atoms with E-state index in [4.69, 9.17) is 0 Å². The summed E-state index contributed by atoms with van der Waals surface area (Å²) < 4.78 is 27.8. The molecule has 0 spiro atoms. The van der Waals surface area contributed by atoms with E-state index >= 15 is 0 Å². The fourth-order valence-corrected chi connectivity index (χ4v) is 6.38. The van der Waals surface area contributed by atoms with Crippen LogP contribution in [0.25, 0.3) is 0 Å². The van der Waals surface area contributed by atoms with Crippen molar-refractivity contribution in [1.29, 1.82) is 0 Å². The van der Waals surface area contributed by atoms with E-state index in [1.165, 1.54) is 21.0 Å². The van der Waals surface area contributed by atoms with Gasteiger partial charge in [0.15, 0.2) is 0 Å². The lowest BCUT2D eigenvalue weighted by atomic mass is 10.1. The molecule has 0 aliphatic carbocycles. The topological polar surface area (TPSA) is 86.8 Å². The summed E-state index contributed by atoms with van der Waals surface area (Å²) in [6.45, 7) is 8.50. The van der Waals surface area contributed by atoms with Crippen LogP contribution in [0.4, 0.5) is 5.69 Å². The predicted octanol–water partition coefficient (Wildman–Crippen LogP) is 2.99. The SMILES string of the molecule is C[C@H]1CC(=O)N(CC(=O)NC(C)(C)C)c2cc(S(=O)(=O)N3CCCCC3)ccc2S1. The van der Waals surface area contributed by atoms with Crippen molar-refractivity contribution in [3.05, 3.63) is 18.2 Å². The molecule has 30 heavy (non-hydrogen) atoms. The van der Waals surface area contributed by atoms with Gasteiger partial charge in [0.2, 0.25) is 21.8 Å². The van der Waals surface area contributed by atoms with Gasteiger partial charge < -0.3 is 10.2 Å². The standard InChI is InChI=1S/C21H31N3O4S2/c1-15-12-20(26)24(14-19(25)22-21(2,3)4)17-13-16(8-9-18(17)29-15)30(27,28)23-10-6-5-7-11-23/h8-9,13,15H,5-7,10-12,14H2,1-4H3,(H,22,25)/t15-/m0/s1. The van der Waals surface area contributed by atoms with E-state index in [0.717, 1.165) is 24.2 Å². The third-order valence-electron chi connectivity index (χ3n) is 5.08. The first-order valence-electron chi connectivity index (χ1n) is 10.4. The average Bonchev–Trinajstić information content (AvgIpc) is 2.76. The number of hydrogen-bond acceptors (Lipinski definition) is 5. The Hall–Kier alpha value is -1.58. The van der Waals surface area contributed by atoms with Crippen LogP contribution in [0.1, 0.15) is 53.4 Å². The number of piperidine rings is 1. The van der Waals surface area contributed by atoms with Crippen LogP contribution in [0, 0.1) is 0 Å². The van der Waals surface area contributed by atoms with Gasteiger partial charge in [-0.1, -0.05) is 13.3 Å². The van der Waals surface area contributed by atoms with Crippen molar-refractivity contribution in [2.24, 2.45) is 0 Å². The quantitative estimate of drug-likeness (QED) is 0.757. The second-order valence-electron chi connectivity index (χ2n) is 9.00. The van der Waals surface area contributed by atoms with E-state index < -0.39 is 15.6 Å². The van der Waals surface area contributed by atoms with Gasteiger partial charge >= 0.3 is 0 Å². The summed E-state index contributed by atoms with van der Waals surface area (Å²) in [6.07, 6.45) is 3.04. The first kappa shape index (κ1) is 23.1. The number of sulfonamides is 1. The third kappa shape index (κ3) is 5.36. The molecule has 7 nitrogen and oxygen atoms in total. The molecule has 0 unspecified atom stereocenters. The Balaban J connectivity index is 1.97. The summed E-state index contributed by atoms with van der Waals surface area (Å²) in [5.74, 6) is -0.448. The molecule has 0 aromatic heterocycles. The average molecular weight is 454 g/mol. The lowest BCUT2D eigenvalue weighted by Gasteiger charge is -2.28.